The minimum atomic E-state index is 0.731. The minimum absolute atomic E-state index is 0.731. The summed E-state index contributed by atoms with van der Waals surface area (Å²) in [6, 6.07) is 9.84. The van der Waals surface area contributed by atoms with E-state index < -0.39 is 0 Å². The highest BCUT2D eigenvalue weighted by atomic mass is 35.5. The van der Waals surface area contributed by atoms with E-state index in [1.165, 1.54) is 11.3 Å². The van der Waals surface area contributed by atoms with Crippen molar-refractivity contribution in [1.82, 2.24) is 4.98 Å². The monoisotopic (exact) mass is 273 g/mol. The third-order valence-corrected chi connectivity index (χ3v) is 3.75. The van der Waals surface area contributed by atoms with Gasteiger partial charge in [-0.05, 0) is 42.7 Å². The highest BCUT2D eigenvalue weighted by Crippen LogP contribution is 2.32. The van der Waals surface area contributed by atoms with E-state index in [0.29, 0.717) is 0 Å². The van der Waals surface area contributed by atoms with Gasteiger partial charge in [0.2, 0.25) is 0 Å². The number of benzene rings is 1. The third-order valence-electron chi connectivity index (χ3n) is 3.51. The first-order chi connectivity index (χ1) is 9.24. The fraction of sp³-hybridized carbons (Fsp3) is 0.267. The first kappa shape index (κ1) is 12.3. The maximum atomic E-state index is 6.06. The molecule has 0 bridgehead atoms. The molecule has 0 unspecified atom stereocenters. The van der Waals surface area contributed by atoms with Crippen LogP contribution >= 0.6 is 11.6 Å². The van der Waals surface area contributed by atoms with E-state index in [0.717, 1.165) is 42.3 Å². The molecule has 1 aromatic heterocycles. The molecule has 0 amide bonds. The van der Waals surface area contributed by atoms with Crippen molar-refractivity contribution in [3.8, 4) is 0 Å². The van der Waals surface area contributed by atoms with Crippen LogP contribution in [0, 0.1) is 0 Å². The minimum Gasteiger partial charge on any atom is -0.398 e. The molecule has 0 radical (unpaired) electrons. The Morgan fingerprint density at radius 3 is 3.05 bits per heavy atom. The van der Waals surface area contributed by atoms with E-state index in [2.05, 4.69) is 16.0 Å². The normalized spacial score (nSPS) is 14.3. The molecule has 98 valence electrons. The van der Waals surface area contributed by atoms with E-state index in [-0.39, 0.29) is 0 Å². The lowest BCUT2D eigenvalue weighted by Gasteiger charge is -2.31. The maximum absolute atomic E-state index is 6.06. The van der Waals surface area contributed by atoms with Crippen molar-refractivity contribution in [3.05, 3.63) is 52.8 Å². The number of nitrogens with two attached hydrogens (primary N) is 1. The standard InChI is InChI=1S/C15H16ClN3/c16-11-6-7-18-12(9-11)10-19-8-2-3-13-14(17)4-1-5-15(13)19/h1,4-7,9H,2-3,8,10,17H2. The molecule has 19 heavy (non-hydrogen) atoms. The van der Waals surface area contributed by atoms with Crippen LogP contribution < -0.4 is 10.6 Å². The lowest BCUT2D eigenvalue weighted by molar-refractivity contribution is 0.685. The van der Waals surface area contributed by atoms with Gasteiger partial charge in [-0.1, -0.05) is 17.7 Å². The molecular weight excluding hydrogens is 258 g/mol. The summed E-state index contributed by atoms with van der Waals surface area (Å²) >= 11 is 6.01. The number of fused-ring (bicyclic) bond motifs is 1. The Morgan fingerprint density at radius 1 is 1.32 bits per heavy atom. The van der Waals surface area contributed by atoms with Gasteiger partial charge in [-0.3, -0.25) is 4.98 Å². The first-order valence-electron chi connectivity index (χ1n) is 6.47. The molecule has 0 saturated carbocycles. The van der Waals surface area contributed by atoms with E-state index in [4.69, 9.17) is 17.3 Å². The van der Waals surface area contributed by atoms with Gasteiger partial charge < -0.3 is 10.6 Å². The number of nitrogen functional groups attached to an aromatic ring is 1. The average Bonchev–Trinajstić information content (AvgIpc) is 2.40. The topological polar surface area (TPSA) is 42.1 Å². The molecule has 0 atom stereocenters. The van der Waals surface area contributed by atoms with E-state index in [9.17, 15) is 0 Å². The second-order valence-corrected chi connectivity index (χ2v) is 5.27. The van der Waals surface area contributed by atoms with Crippen molar-refractivity contribution in [2.75, 3.05) is 17.2 Å². The Hall–Kier alpha value is -1.74. The lowest BCUT2D eigenvalue weighted by Crippen LogP contribution is -2.29. The Labute approximate surface area is 118 Å². The van der Waals surface area contributed by atoms with Crippen LogP contribution in [0.2, 0.25) is 5.02 Å². The summed E-state index contributed by atoms with van der Waals surface area (Å²) in [5.74, 6) is 0. The summed E-state index contributed by atoms with van der Waals surface area (Å²) in [4.78, 5) is 6.70. The van der Waals surface area contributed by atoms with Gasteiger partial charge in [-0.2, -0.15) is 0 Å². The second kappa shape index (κ2) is 5.10. The zero-order chi connectivity index (χ0) is 13.2. The van der Waals surface area contributed by atoms with Crippen LogP contribution in [0.1, 0.15) is 17.7 Å². The molecule has 0 spiro atoms. The van der Waals surface area contributed by atoms with Gasteiger partial charge >= 0.3 is 0 Å². The molecule has 2 N–H and O–H groups in total. The summed E-state index contributed by atoms with van der Waals surface area (Å²) in [5.41, 5.74) is 10.4. The number of anilines is 2. The van der Waals surface area contributed by atoms with Crippen molar-refractivity contribution >= 4 is 23.0 Å². The number of hydrogen-bond donors (Lipinski definition) is 1. The zero-order valence-electron chi connectivity index (χ0n) is 10.6. The van der Waals surface area contributed by atoms with Crippen LogP contribution in [-0.2, 0) is 13.0 Å². The van der Waals surface area contributed by atoms with Crippen LogP contribution in [0.3, 0.4) is 0 Å². The van der Waals surface area contributed by atoms with Gasteiger partial charge in [0.05, 0.1) is 12.2 Å². The van der Waals surface area contributed by atoms with Crippen molar-refractivity contribution in [2.45, 2.75) is 19.4 Å². The van der Waals surface area contributed by atoms with Crippen LogP contribution in [0.25, 0.3) is 0 Å². The van der Waals surface area contributed by atoms with E-state index >= 15 is 0 Å². The fourth-order valence-corrected chi connectivity index (χ4v) is 2.81. The highest BCUT2D eigenvalue weighted by Gasteiger charge is 2.18. The van der Waals surface area contributed by atoms with Crippen molar-refractivity contribution in [3.63, 3.8) is 0 Å². The highest BCUT2D eigenvalue weighted by molar-refractivity contribution is 6.30. The van der Waals surface area contributed by atoms with Crippen molar-refractivity contribution in [1.29, 1.82) is 0 Å². The quantitative estimate of drug-likeness (QED) is 0.854. The molecule has 0 aliphatic carbocycles. The van der Waals surface area contributed by atoms with Crippen LogP contribution in [-0.4, -0.2) is 11.5 Å². The molecule has 3 nitrogen and oxygen atoms in total. The number of rotatable bonds is 2. The largest absolute Gasteiger partial charge is 0.398 e. The van der Waals surface area contributed by atoms with Crippen LogP contribution in [0.4, 0.5) is 11.4 Å². The van der Waals surface area contributed by atoms with Gasteiger partial charge in [0.25, 0.3) is 0 Å². The molecule has 1 aliphatic rings. The zero-order valence-corrected chi connectivity index (χ0v) is 11.4. The van der Waals surface area contributed by atoms with Crippen molar-refractivity contribution in [2.24, 2.45) is 0 Å². The van der Waals surface area contributed by atoms with E-state index in [1.54, 1.807) is 12.3 Å². The molecule has 2 aromatic rings. The van der Waals surface area contributed by atoms with Gasteiger partial charge in [0.15, 0.2) is 0 Å². The predicted molar refractivity (Wildman–Crippen MR) is 79.5 cm³/mol. The molecular formula is C15H16ClN3. The summed E-state index contributed by atoms with van der Waals surface area (Å²) in [6.07, 6.45) is 3.94. The number of pyridine rings is 1. The number of nitrogens with zero attached hydrogens (tertiary/aromatic N) is 2. The van der Waals surface area contributed by atoms with Crippen molar-refractivity contribution < 1.29 is 0 Å². The number of hydrogen-bond acceptors (Lipinski definition) is 3. The Bertz CT molecular complexity index is 598. The summed E-state index contributed by atoms with van der Waals surface area (Å²) < 4.78 is 0. The molecule has 3 rings (SSSR count). The van der Waals surface area contributed by atoms with Gasteiger partial charge in [0.1, 0.15) is 0 Å². The molecule has 0 fully saturated rings. The number of halogens is 1. The van der Waals surface area contributed by atoms with Crippen LogP contribution in [0.15, 0.2) is 36.5 Å². The smallest absolute Gasteiger partial charge is 0.0611 e. The fourth-order valence-electron chi connectivity index (χ4n) is 2.62. The van der Waals surface area contributed by atoms with E-state index in [1.807, 2.05) is 18.2 Å². The maximum Gasteiger partial charge on any atom is 0.0611 e. The Morgan fingerprint density at radius 2 is 2.21 bits per heavy atom. The average molecular weight is 274 g/mol. The van der Waals surface area contributed by atoms with Gasteiger partial charge in [-0.25, -0.2) is 0 Å². The summed E-state index contributed by atoms with van der Waals surface area (Å²) in [7, 11) is 0. The summed E-state index contributed by atoms with van der Waals surface area (Å²) in [5, 5.41) is 0.731. The predicted octanol–water partition coefficient (Wildman–Crippen LogP) is 3.27. The first-order valence-corrected chi connectivity index (χ1v) is 6.84. The molecule has 1 aromatic carbocycles. The molecule has 1 aliphatic heterocycles. The lowest BCUT2D eigenvalue weighted by atomic mass is 10.00. The second-order valence-electron chi connectivity index (χ2n) is 4.84. The molecule has 4 heteroatoms. The SMILES string of the molecule is Nc1cccc2c1CCCN2Cc1cc(Cl)ccn1. The van der Waals surface area contributed by atoms with Gasteiger partial charge in [0, 0.05) is 29.1 Å². The van der Waals surface area contributed by atoms with Gasteiger partial charge in [-0.15, -0.1) is 0 Å². The molecule has 2 heterocycles. The number of aromatic nitrogens is 1. The van der Waals surface area contributed by atoms with Crippen LogP contribution in [0.5, 0.6) is 0 Å². The Kier molecular flexibility index (Phi) is 3.30. The third kappa shape index (κ3) is 2.51. The summed E-state index contributed by atoms with van der Waals surface area (Å²) in [6.45, 7) is 1.81. The molecule has 0 saturated heterocycles. The Balaban J connectivity index is 1.90.